The lowest BCUT2D eigenvalue weighted by Crippen LogP contribution is -2.21. The van der Waals surface area contributed by atoms with Crippen LogP contribution < -0.4 is 0 Å². The lowest BCUT2D eigenvalue weighted by Gasteiger charge is -2.11. The smallest absolute Gasteiger partial charge is 0.105 e. The fourth-order valence-corrected chi connectivity index (χ4v) is 0.386. The van der Waals surface area contributed by atoms with Gasteiger partial charge in [-0.2, -0.15) is 0 Å². The number of halogens is 1. The average molecular weight is 141 g/mol. The molecule has 50 valence electrons. The van der Waals surface area contributed by atoms with Crippen molar-refractivity contribution in [2.45, 2.75) is 5.25 Å². The predicted octanol–water partition coefficient (Wildman–Crippen LogP) is -0.804. The van der Waals surface area contributed by atoms with Crippen molar-refractivity contribution in [1.29, 1.82) is 0 Å². The first-order valence-electron chi connectivity index (χ1n) is 1.97. The summed E-state index contributed by atoms with van der Waals surface area (Å²) in [5.74, 6) is 0. The van der Waals surface area contributed by atoms with Gasteiger partial charge in [0.15, 0.2) is 0 Å². The monoisotopic (exact) mass is 141 g/mol. The SMILES string of the molecule is O=S([O-])C(CO)CF. The van der Waals surface area contributed by atoms with Gasteiger partial charge < -0.3 is 9.66 Å². The number of hydrogen-bond acceptors (Lipinski definition) is 3. The highest BCUT2D eigenvalue weighted by molar-refractivity contribution is 7.79. The molecule has 8 heavy (non-hydrogen) atoms. The number of aliphatic hydroxyl groups is 1. The molecule has 0 aliphatic heterocycles. The van der Waals surface area contributed by atoms with Crippen molar-refractivity contribution < 1.29 is 18.3 Å². The second-order valence-electron chi connectivity index (χ2n) is 1.22. The van der Waals surface area contributed by atoms with Crippen molar-refractivity contribution in [3.8, 4) is 0 Å². The second kappa shape index (κ2) is 3.94. The third-order valence-corrected chi connectivity index (χ3v) is 1.47. The van der Waals surface area contributed by atoms with Gasteiger partial charge in [0.05, 0.1) is 11.9 Å². The highest BCUT2D eigenvalue weighted by Crippen LogP contribution is 1.91. The summed E-state index contributed by atoms with van der Waals surface area (Å²) >= 11 is -2.48. The first kappa shape index (κ1) is 8.00. The van der Waals surface area contributed by atoms with Crippen LogP contribution in [0.3, 0.4) is 0 Å². The molecule has 0 bridgehead atoms. The highest BCUT2D eigenvalue weighted by atomic mass is 32.2. The molecule has 2 atom stereocenters. The minimum absolute atomic E-state index is 0.646. The van der Waals surface area contributed by atoms with E-state index < -0.39 is 29.6 Å². The summed E-state index contributed by atoms with van der Waals surface area (Å²) in [7, 11) is 0. The van der Waals surface area contributed by atoms with Gasteiger partial charge in [0.25, 0.3) is 0 Å². The standard InChI is InChI=1S/C3H7FO3S/c4-1-3(2-5)8(6)7/h3,5H,1-2H2,(H,6,7)/p-1. The van der Waals surface area contributed by atoms with E-state index in [1.54, 1.807) is 0 Å². The van der Waals surface area contributed by atoms with Gasteiger partial charge >= 0.3 is 0 Å². The summed E-state index contributed by atoms with van der Waals surface area (Å²) in [5.41, 5.74) is 0. The van der Waals surface area contributed by atoms with E-state index >= 15 is 0 Å². The van der Waals surface area contributed by atoms with E-state index in [0.717, 1.165) is 0 Å². The van der Waals surface area contributed by atoms with Gasteiger partial charge in [0.2, 0.25) is 0 Å². The molecule has 0 aliphatic rings. The molecular weight excluding hydrogens is 135 g/mol. The van der Waals surface area contributed by atoms with Gasteiger partial charge in [-0.05, 0) is 11.1 Å². The van der Waals surface area contributed by atoms with Crippen LogP contribution in [0.5, 0.6) is 0 Å². The molecule has 0 spiro atoms. The van der Waals surface area contributed by atoms with Crippen LogP contribution in [0.1, 0.15) is 0 Å². The van der Waals surface area contributed by atoms with Crippen LogP contribution in [-0.4, -0.2) is 32.4 Å². The van der Waals surface area contributed by atoms with Gasteiger partial charge in [-0.25, -0.2) is 4.39 Å². The van der Waals surface area contributed by atoms with Crippen molar-refractivity contribution in [2.75, 3.05) is 13.3 Å². The summed E-state index contributed by atoms with van der Waals surface area (Å²) in [6.45, 7) is -1.67. The molecule has 0 saturated heterocycles. The normalized spacial score (nSPS) is 17.9. The second-order valence-corrected chi connectivity index (χ2v) is 2.41. The topological polar surface area (TPSA) is 60.4 Å². The van der Waals surface area contributed by atoms with E-state index in [-0.39, 0.29) is 0 Å². The Balaban J connectivity index is 3.52. The van der Waals surface area contributed by atoms with E-state index in [2.05, 4.69) is 0 Å². The molecule has 2 unspecified atom stereocenters. The fourth-order valence-electron chi connectivity index (χ4n) is 0.161. The summed E-state index contributed by atoms with van der Waals surface area (Å²) in [4.78, 5) is 0. The molecule has 0 rings (SSSR count). The minimum Gasteiger partial charge on any atom is -0.772 e. The molecule has 0 aromatic heterocycles. The van der Waals surface area contributed by atoms with Gasteiger partial charge in [-0.1, -0.05) is 0 Å². The average Bonchev–Trinajstić information content (AvgIpc) is 1.69. The maximum absolute atomic E-state index is 11.4. The Labute approximate surface area is 48.8 Å². The van der Waals surface area contributed by atoms with Crippen molar-refractivity contribution in [3.63, 3.8) is 0 Å². The van der Waals surface area contributed by atoms with Crippen LogP contribution in [-0.2, 0) is 11.1 Å². The third-order valence-electron chi connectivity index (χ3n) is 0.648. The molecule has 0 aliphatic carbocycles. The largest absolute Gasteiger partial charge is 0.772 e. The first-order chi connectivity index (χ1) is 3.72. The van der Waals surface area contributed by atoms with Crippen molar-refractivity contribution in [3.05, 3.63) is 0 Å². The summed E-state index contributed by atoms with van der Waals surface area (Å²) in [6, 6.07) is 0. The van der Waals surface area contributed by atoms with Crippen LogP contribution >= 0.6 is 0 Å². The molecule has 0 aromatic rings. The molecular formula is C3H6FO3S-. The van der Waals surface area contributed by atoms with E-state index in [1.165, 1.54) is 0 Å². The zero-order valence-electron chi connectivity index (χ0n) is 4.04. The fraction of sp³-hybridized carbons (Fsp3) is 1.00. The summed E-state index contributed by atoms with van der Waals surface area (Å²) in [5, 5.41) is 6.82. The minimum atomic E-state index is -2.48. The Kier molecular flexibility index (Phi) is 3.94. The van der Waals surface area contributed by atoms with E-state index in [4.69, 9.17) is 5.11 Å². The maximum atomic E-state index is 11.4. The van der Waals surface area contributed by atoms with Crippen molar-refractivity contribution in [2.24, 2.45) is 0 Å². The number of aliphatic hydroxyl groups excluding tert-OH is 1. The maximum Gasteiger partial charge on any atom is 0.105 e. The molecule has 5 heteroatoms. The number of rotatable bonds is 3. The number of hydrogen-bond donors (Lipinski definition) is 1. The Morgan fingerprint density at radius 1 is 1.88 bits per heavy atom. The van der Waals surface area contributed by atoms with Gasteiger partial charge in [-0.15, -0.1) is 0 Å². The highest BCUT2D eigenvalue weighted by Gasteiger charge is 2.04. The van der Waals surface area contributed by atoms with Gasteiger partial charge in [0, 0.05) is 0 Å². The van der Waals surface area contributed by atoms with Crippen molar-refractivity contribution >= 4 is 11.1 Å². The summed E-state index contributed by atoms with van der Waals surface area (Å²) < 4.78 is 30.9. The van der Waals surface area contributed by atoms with Crippen LogP contribution in [0.25, 0.3) is 0 Å². The lowest BCUT2D eigenvalue weighted by molar-refractivity contribution is 0.268. The van der Waals surface area contributed by atoms with Crippen LogP contribution in [0.15, 0.2) is 0 Å². The molecule has 0 saturated carbocycles. The number of alkyl halides is 1. The van der Waals surface area contributed by atoms with Gasteiger partial charge in [-0.3, -0.25) is 4.21 Å². The molecule has 0 aromatic carbocycles. The van der Waals surface area contributed by atoms with E-state index in [9.17, 15) is 13.2 Å². The Hall–Kier alpha value is -0.0000000000000000555. The molecule has 0 radical (unpaired) electrons. The lowest BCUT2D eigenvalue weighted by atomic mass is 10.5. The quantitative estimate of drug-likeness (QED) is 0.523. The van der Waals surface area contributed by atoms with Crippen molar-refractivity contribution in [1.82, 2.24) is 0 Å². The Morgan fingerprint density at radius 2 is 2.38 bits per heavy atom. The zero-order valence-corrected chi connectivity index (χ0v) is 4.86. The first-order valence-corrected chi connectivity index (χ1v) is 3.11. The van der Waals surface area contributed by atoms with Crippen LogP contribution in [0, 0.1) is 0 Å². The molecule has 3 nitrogen and oxygen atoms in total. The molecule has 1 N–H and O–H groups in total. The van der Waals surface area contributed by atoms with E-state index in [1.807, 2.05) is 0 Å². The Morgan fingerprint density at radius 3 is 2.38 bits per heavy atom. The molecule has 0 amide bonds. The third kappa shape index (κ3) is 2.34. The van der Waals surface area contributed by atoms with E-state index in [0.29, 0.717) is 0 Å². The predicted molar refractivity (Wildman–Crippen MR) is 25.8 cm³/mol. The molecule has 0 heterocycles. The van der Waals surface area contributed by atoms with Gasteiger partial charge in [0.1, 0.15) is 6.67 Å². The van der Waals surface area contributed by atoms with Crippen LogP contribution in [0.4, 0.5) is 4.39 Å². The van der Waals surface area contributed by atoms with Crippen LogP contribution in [0.2, 0.25) is 0 Å². The zero-order chi connectivity index (χ0) is 6.57. The Bertz CT molecular complexity index is 82.6. The summed E-state index contributed by atoms with van der Waals surface area (Å²) in [6.07, 6.45) is 0. The molecule has 0 fully saturated rings.